The predicted octanol–water partition coefficient (Wildman–Crippen LogP) is 11.8. The molecule has 0 saturated heterocycles. The zero-order valence-electron chi connectivity index (χ0n) is 34.1. The van der Waals surface area contributed by atoms with E-state index in [1.165, 1.54) is 70.3 Å². The van der Waals surface area contributed by atoms with Gasteiger partial charge < -0.3 is 20.1 Å². The summed E-state index contributed by atoms with van der Waals surface area (Å²) in [6, 6.07) is 0. The zero-order valence-corrected chi connectivity index (χ0v) is 35.0. The molecule has 312 valence electrons. The number of phosphoric ester groups is 1. The van der Waals surface area contributed by atoms with Crippen LogP contribution in [0.25, 0.3) is 0 Å². The number of unbranched alkanes of at least 4 members (excludes halogenated alkanes) is 11. The van der Waals surface area contributed by atoms with Gasteiger partial charge in [-0.25, -0.2) is 9.36 Å². The minimum Gasteiger partial charge on any atom is -0.458 e. The first-order valence-electron chi connectivity index (χ1n) is 20.8. The van der Waals surface area contributed by atoms with E-state index in [0.29, 0.717) is 6.42 Å². The van der Waals surface area contributed by atoms with Gasteiger partial charge in [-0.1, -0.05) is 169 Å². The van der Waals surface area contributed by atoms with Gasteiger partial charge in [0.2, 0.25) is 0 Å². The molecule has 0 aliphatic carbocycles. The lowest BCUT2D eigenvalue weighted by Crippen LogP contribution is -2.29. The standard InChI is InChI=1S/C45H74NO8P/c1-3-5-7-9-11-13-15-17-19-20-21-22-24-26-28-30-32-34-36-38-45(48)54-43(42-53-55(49,50)52-40-39-46)41-51-44(47)37-35-33-31-29-27-25-23-18-16-14-12-10-8-6-4-2/h5,7,11,13,17,19,21-22,26,28,31-35,37,43H,3-4,6,8-10,12,14-16,18,20,23-25,27,29-30,36,38-42,46H2,1-2H3,(H,49,50)/b7-5+,13-11+,19-17+,22-21+,28-26+,33-31+,34-32+,37-35+/t43-/m1/s1. The molecule has 9 nitrogen and oxygen atoms in total. The molecule has 1 unspecified atom stereocenters. The Balaban J connectivity index is 4.43. The van der Waals surface area contributed by atoms with Gasteiger partial charge in [0.25, 0.3) is 0 Å². The highest BCUT2D eigenvalue weighted by Gasteiger charge is 2.25. The average molecular weight is 788 g/mol. The maximum atomic E-state index is 12.5. The third kappa shape index (κ3) is 40.4. The first-order chi connectivity index (χ1) is 26.8. The van der Waals surface area contributed by atoms with E-state index in [1.54, 1.807) is 6.08 Å². The van der Waals surface area contributed by atoms with Gasteiger partial charge in [-0.05, 0) is 57.8 Å². The Morgan fingerprint density at radius 1 is 0.618 bits per heavy atom. The van der Waals surface area contributed by atoms with Crippen LogP contribution < -0.4 is 5.73 Å². The number of rotatable bonds is 37. The van der Waals surface area contributed by atoms with Gasteiger partial charge in [0.05, 0.1) is 13.2 Å². The van der Waals surface area contributed by atoms with Crippen molar-refractivity contribution in [3.8, 4) is 0 Å². The lowest BCUT2D eigenvalue weighted by atomic mass is 10.1. The van der Waals surface area contributed by atoms with Gasteiger partial charge in [0.1, 0.15) is 6.61 Å². The largest absolute Gasteiger partial charge is 0.472 e. The molecule has 2 atom stereocenters. The molecular weight excluding hydrogens is 713 g/mol. The first-order valence-corrected chi connectivity index (χ1v) is 22.2. The maximum Gasteiger partial charge on any atom is 0.472 e. The maximum absolute atomic E-state index is 12.5. The monoisotopic (exact) mass is 788 g/mol. The Labute approximate surface area is 334 Å². The van der Waals surface area contributed by atoms with Crippen molar-refractivity contribution in [2.45, 2.75) is 148 Å². The predicted molar refractivity (Wildman–Crippen MR) is 228 cm³/mol. The highest BCUT2D eigenvalue weighted by molar-refractivity contribution is 7.47. The van der Waals surface area contributed by atoms with Crippen molar-refractivity contribution in [1.29, 1.82) is 0 Å². The molecule has 0 aromatic heterocycles. The van der Waals surface area contributed by atoms with Gasteiger partial charge in [0, 0.05) is 19.0 Å². The van der Waals surface area contributed by atoms with Crippen LogP contribution in [0.15, 0.2) is 97.2 Å². The minimum absolute atomic E-state index is 0.0264. The van der Waals surface area contributed by atoms with Crippen molar-refractivity contribution >= 4 is 19.8 Å². The van der Waals surface area contributed by atoms with Crippen molar-refractivity contribution in [1.82, 2.24) is 0 Å². The number of carbonyl (C=O) groups is 2. The molecule has 0 aliphatic heterocycles. The molecule has 0 amide bonds. The molecule has 3 N–H and O–H groups in total. The lowest BCUT2D eigenvalue weighted by molar-refractivity contribution is -0.159. The van der Waals surface area contributed by atoms with Crippen LogP contribution in [0.1, 0.15) is 142 Å². The molecule has 10 heteroatoms. The van der Waals surface area contributed by atoms with Crippen molar-refractivity contribution in [3.05, 3.63) is 97.2 Å². The first kappa shape index (κ1) is 51.9. The zero-order chi connectivity index (χ0) is 40.3. The fourth-order valence-corrected chi connectivity index (χ4v) is 5.81. The normalized spacial score (nSPS) is 14.3. The van der Waals surface area contributed by atoms with Gasteiger partial charge in [0.15, 0.2) is 6.10 Å². The Hall–Kier alpha value is -3.07. The van der Waals surface area contributed by atoms with Crippen molar-refractivity contribution in [3.63, 3.8) is 0 Å². The molecular formula is C45H74NO8P. The molecule has 0 heterocycles. The Kier molecular flexibility index (Phi) is 38.3. The summed E-state index contributed by atoms with van der Waals surface area (Å²) < 4.78 is 32.4. The van der Waals surface area contributed by atoms with Crippen LogP contribution in [0.3, 0.4) is 0 Å². The van der Waals surface area contributed by atoms with Gasteiger partial charge in [-0.3, -0.25) is 13.8 Å². The number of hydrogen-bond acceptors (Lipinski definition) is 8. The van der Waals surface area contributed by atoms with E-state index in [1.807, 2.05) is 24.3 Å². The molecule has 0 spiro atoms. The van der Waals surface area contributed by atoms with Crippen molar-refractivity contribution in [2.75, 3.05) is 26.4 Å². The molecule has 0 saturated carbocycles. The smallest absolute Gasteiger partial charge is 0.458 e. The van der Waals surface area contributed by atoms with Crippen LogP contribution in [0.4, 0.5) is 0 Å². The summed E-state index contributed by atoms with van der Waals surface area (Å²) in [7, 11) is -4.42. The summed E-state index contributed by atoms with van der Waals surface area (Å²) in [6.45, 7) is 3.37. The number of carbonyl (C=O) groups excluding carboxylic acids is 2. The minimum atomic E-state index is -4.42. The Bertz CT molecular complexity index is 1220. The number of phosphoric acid groups is 1. The van der Waals surface area contributed by atoms with E-state index >= 15 is 0 Å². The van der Waals surface area contributed by atoms with E-state index in [-0.39, 0.29) is 26.2 Å². The molecule has 0 fully saturated rings. The van der Waals surface area contributed by atoms with Crippen LogP contribution in [0.5, 0.6) is 0 Å². The van der Waals surface area contributed by atoms with E-state index < -0.39 is 32.5 Å². The van der Waals surface area contributed by atoms with Crippen LogP contribution >= 0.6 is 7.82 Å². The highest BCUT2D eigenvalue weighted by atomic mass is 31.2. The summed E-state index contributed by atoms with van der Waals surface area (Å²) in [5.41, 5.74) is 5.33. The molecule has 0 rings (SSSR count). The molecule has 0 aromatic rings. The van der Waals surface area contributed by atoms with Gasteiger partial charge in [-0.2, -0.15) is 0 Å². The number of nitrogens with two attached hydrogens (primary N) is 1. The molecule has 0 radical (unpaired) electrons. The topological polar surface area (TPSA) is 134 Å². The summed E-state index contributed by atoms with van der Waals surface area (Å²) in [5, 5.41) is 0. The molecule has 0 bridgehead atoms. The second-order valence-electron chi connectivity index (χ2n) is 13.2. The van der Waals surface area contributed by atoms with E-state index in [2.05, 4.69) is 74.6 Å². The third-order valence-corrected chi connectivity index (χ3v) is 9.06. The molecule has 0 aliphatic rings. The van der Waals surface area contributed by atoms with Crippen LogP contribution in [-0.2, 0) is 32.7 Å². The quantitative estimate of drug-likeness (QED) is 0.0157. The second-order valence-corrected chi connectivity index (χ2v) is 14.6. The number of esters is 2. The van der Waals surface area contributed by atoms with E-state index in [9.17, 15) is 19.0 Å². The SMILES string of the molecule is CC/C=C/C/C=C/C/C=C/C/C=C/C/C=C/C/C=C/CCC(=O)O[C@H](COC(=O)/C=C/C=C/CCCCCCCCCCCCC)COP(=O)(O)OCCN. The van der Waals surface area contributed by atoms with Crippen LogP contribution in [0.2, 0.25) is 0 Å². The van der Waals surface area contributed by atoms with Gasteiger partial charge in [-0.15, -0.1) is 0 Å². The van der Waals surface area contributed by atoms with Crippen LogP contribution in [0, 0.1) is 0 Å². The summed E-state index contributed by atoms with van der Waals surface area (Å²) in [6.07, 6.45) is 52.3. The summed E-state index contributed by atoms with van der Waals surface area (Å²) in [4.78, 5) is 34.6. The summed E-state index contributed by atoms with van der Waals surface area (Å²) >= 11 is 0. The second kappa shape index (κ2) is 40.6. The number of hydrogen-bond donors (Lipinski definition) is 2. The van der Waals surface area contributed by atoms with E-state index in [4.69, 9.17) is 24.3 Å². The number of ether oxygens (including phenoxy) is 2. The Morgan fingerprint density at radius 3 is 1.65 bits per heavy atom. The van der Waals surface area contributed by atoms with E-state index in [0.717, 1.165) is 51.4 Å². The van der Waals surface area contributed by atoms with Gasteiger partial charge >= 0.3 is 19.8 Å². The van der Waals surface area contributed by atoms with Crippen LogP contribution in [-0.4, -0.2) is 49.3 Å². The average Bonchev–Trinajstić information content (AvgIpc) is 3.17. The molecule has 0 aromatic carbocycles. The fraction of sp³-hybridized carbons (Fsp3) is 0.600. The Morgan fingerprint density at radius 2 is 1.13 bits per heavy atom. The lowest BCUT2D eigenvalue weighted by Gasteiger charge is -2.19. The van der Waals surface area contributed by atoms with Crippen molar-refractivity contribution < 1.29 is 37.6 Å². The third-order valence-electron chi connectivity index (χ3n) is 8.07. The fourth-order valence-electron chi connectivity index (χ4n) is 5.04. The number of allylic oxidation sites excluding steroid dienone is 15. The van der Waals surface area contributed by atoms with Crippen molar-refractivity contribution in [2.24, 2.45) is 5.73 Å². The highest BCUT2D eigenvalue weighted by Crippen LogP contribution is 2.43. The summed E-state index contributed by atoms with van der Waals surface area (Å²) in [5.74, 6) is -1.19. The molecule has 55 heavy (non-hydrogen) atoms.